The van der Waals surface area contributed by atoms with Crippen LogP contribution in [0.3, 0.4) is 0 Å². The number of carboxylic acids is 2. The van der Waals surface area contributed by atoms with Gasteiger partial charge in [0.15, 0.2) is 0 Å². The van der Waals surface area contributed by atoms with Crippen LogP contribution in [0.5, 0.6) is 0 Å². The van der Waals surface area contributed by atoms with Crippen molar-refractivity contribution in [1.82, 2.24) is 0 Å². The van der Waals surface area contributed by atoms with Crippen LogP contribution in [0.2, 0.25) is 0 Å². The molecule has 84 valence electrons. The first-order chi connectivity index (χ1) is 6.99. The second-order valence-electron chi connectivity index (χ2n) is 2.84. The molecule has 2 N–H and O–H groups in total. The standard InChI is InChI=1S/C10H14O5/c1-3-4-8(10(13)14)6-15-5-7(2)9(11)12/h4H,2-3,5-6H2,1H3,(H,11,12)(H,13,14). The van der Waals surface area contributed by atoms with Crippen LogP contribution < -0.4 is 0 Å². The highest BCUT2D eigenvalue weighted by atomic mass is 16.5. The summed E-state index contributed by atoms with van der Waals surface area (Å²) in [5, 5.41) is 17.1. The molecule has 0 radical (unpaired) electrons. The zero-order valence-electron chi connectivity index (χ0n) is 8.52. The quantitative estimate of drug-likeness (QED) is 0.619. The number of aliphatic carboxylic acids is 2. The predicted octanol–water partition coefficient (Wildman–Crippen LogP) is 1.06. The first-order valence-corrected chi connectivity index (χ1v) is 4.40. The van der Waals surface area contributed by atoms with E-state index < -0.39 is 11.9 Å². The highest BCUT2D eigenvalue weighted by molar-refractivity contribution is 5.87. The van der Waals surface area contributed by atoms with Crippen LogP contribution >= 0.6 is 0 Å². The number of carbonyl (C=O) groups is 2. The van der Waals surface area contributed by atoms with Crippen molar-refractivity contribution in [3.05, 3.63) is 23.8 Å². The van der Waals surface area contributed by atoms with Gasteiger partial charge in [0.25, 0.3) is 0 Å². The van der Waals surface area contributed by atoms with Gasteiger partial charge in [-0.2, -0.15) is 0 Å². The average Bonchev–Trinajstić information content (AvgIpc) is 2.15. The molecule has 0 saturated heterocycles. The molecule has 5 nitrogen and oxygen atoms in total. The lowest BCUT2D eigenvalue weighted by Crippen LogP contribution is -2.12. The van der Waals surface area contributed by atoms with Crippen LogP contribution in [-0.4, -0.2) is 35.4 Å². The molecule has 0 aromatic carbocycles. The fourth-order valence-corrected chi connectivity index (χ4v) is 0.800. The summed E-state index contributed by atoms with van der Waals surface area (Å²) >= 11 is 0. The Morgan fingerprint density at radius 1 is 1.27 bits per heavy atom. The Balaban J connectivity index is 4.03. The number of ether oxygens (including phenoxy) is 1. The van der Waals surface area contributed by atoms with Gasteiger partial charge in [0.2, 0.25) is 0 Å². The summed E-state index contributed by atoms with van der Waals surface area (Å²) < 4.78 is 4.90. The first-order valence-electron chi connectivity index (χ1n) is 4.40. The molecule has 0 aliphatic rings. The van der Waals surface area contributed by atoms with E-state index in [0.717, 1.165) is 0 Å². The third-order valence-corrected chi connectivity index (χ3v) is 1.56. The Morgan fingerprint density at radius 3 is 2.27 bits per heavy atom. The molecule has 5 heteroatoms. The molecule has 0 aliphatic heterocycles. The van der Waals surface area contributed by atoms with E-state index in [9.17, 15) is 9.59 Å². The lowest BCUT2D eigenvalue weighted by molar-refractivity contribution is -0.133. The molecular weight excluding hydrogens is 200 g/mol. The van der Waals surface area contributed by atoms with Gasteiger partial charge in [-0.3, -0.25) is 0 Å². The van der Waals surface area contributed by atoms with Gasteiger partial charge >= 0.3 is 11.9 Å². The van der Waals surface area contributed by atoms with Crippen LogP contribution in [0, 0.1) is 0 Å². The molecule has 0 rings (SSSR count). The summed E-state index contributed by atoms with van der Waals surface area (Å²) in [5.41, 5.74) is 0.0203. The minimum Gasteiger partial charge on any atom is -0.478 e. The zero-order chi connectivity index (χ0) is 11.8. The van der Waals surface area contributed by atoms with Gasteiger partial charge in [-0.05, 0) is 6.42 Å². The van der Waals surface area contributed by atoms with Crippen LogP contribution in [0.4, 0.5) is 0 Å². The Bertz CT molecular complexity index is 290. The Hall–Kier alpha value is -1.62. The number of allylic oxidation sites excluding steroid dienone is 1. The van der Waals surface area contributed by atoms with E-state index in [4.69, 9.17) is 14.9 Å². The van der Waals surface area contributed by atoms with E-state index in [1.807, 2.05) is 0 Å². The summed E-state index contributed by atoms with van der Waals surface area (Å²) in [4.78, 5) is 20.9. The van der Waals surface area contributed by atoms with Gasteiger partial charge in [0.05, 0.1) is 24.4 Å². The van der Waals surface area contributed by atoms with E-state index in [-0.39, 0.29) is 24.4 Å². The molecule has 0 fully saturated rings. The summed E-state index contributed by atoms with van der Waals surface area (Å²) in [5.74, 6) is -2.20. The normalized spacial score (nSPS) is 11.1. The van der Waals surface area contributed by atoms with E-state index in [0.29, 0.717) is 6.42 Å². The topological polar surface area (TPSA) is 83.8 Å². The molecule has 0 saturated carbocycles. The summed E-state index contributed by atoms with van der Waals surface area (Å²) in [7, 11) is 0. The SMILES string of the molecule is C=C(COCC(=CCC)C(=O)O)C(=O)O. The Labute approximate surface area is 87.7 Å². The van der Waals surface area contributed by atoms with Gasteiger partial charge in [0.1, 0.15) is 0 Å². The van der Waals surface area contributed by atoms with E-state index in [2.05, 4.69) is 6.58 Å². The van der Waals surface area contributed by atoms with Crippen LogP contribution in [0.15, 0.2) is 23.8 Å². The van der Waals surface area contributed by atoms with Crippen LogP contribution in [0.1, 0.15) is 13.3 Å². The van der Waals surface area contributed by atoms with Crippen molar-refractivity contribution in [3.63, 3.8) is 0 Å². The van der Waals surface area contributed by atoms with Crippen molar-refractivity contribution in [3.8, 4) is 0 Å². The lowest BCUT2D eigenvalue weighted by atomic mass is 10.2. The second-order valence-corrected chi connectivity index (χ2v) is 2.84. The van der Waals surface area contributed by atoms with Gasteiger partial charge < -0.3 is 14.9 Å². The van der Waals surface area contributed by atoms with Crippen LogP contribution in [-0.2, 0) is 14.3 Å². The van der Waals surface area contributed by atoms with Crippen molar-refractivity contribution in [2.24, 2.45) is 0 Å². The van der Waals surface area contributed by atoms with E-state index in [1.54, 1.807) is 6.92 Å². The third kappa shape index (κ3) is 5.64. The number of rotatable bonds is 7. The molecule has 0 atom stereocenters. The fraction of sp³-hybridized carbons (Fsp3) is 0.400. The summed E-state index contributed by atoms with van der Waals surface area (Å²) in [6.45, 7) is 4.76. The molecule has 0 bridgehead atoms. The monoisotopic (exact) mass is 214 g/mol. The zero-order valence-corrected chi connectivity index (χ0v) is 8.52. The maximum absolute atomic E-state index is 10.6. The summed E-state index contributed by atoms with van der Waals surface area (Å²) in [6, 6.07) is 0. The van der Waals surface area contributed by atoms with Crippen molar-refractivity contribution in [2.75, 3.05) is 13.2 Å². The van der Waals surface area contributed by atoms with Crippen LogP contribution in [0.25, 0.3) is 0 Å². The molecule has 0 spiro atoms. The molecule has 0 amide bonds. The average molecular weight is 214 g/mol. The van der Waals surface area contributed by atoms with Gasteiger partial charge in [-0.15, -0.1) is 0 Å². The molecule has 0 aromatic rings. The number of hydrogen-bond donors (Lipinski definition) is 2. The largest absolute Gasteiger partial charge is 0.478 e. The molecular formula is C10H14O5. The van der Waals surface area contributed by atoms with Crippen molar-refractivity contribution >= 4 is 11.9 Å². The fourth-order valence-electron chi connectivity index (χ4n) is 0.800. The van der Waals surface area contributed by atoms with E-state index in [1.165, 1.54) is 6.08 Å². The number of carboxylic acid groups (broad SMARTS) is 2. The smallest absolute Gasteiger partial charge is 0.333 e. The predicted molar refractivity (Wildman–Crippen MR) is 53.6 cm³/mol. The highest BCUT2D eigenvalue weighted by Crippen LogP contribution is 2.00. The maximum atomic E-state index is 10.6. The van der Waals surface area contributed by atoms with Gasteiger partial charge in [0, 0.05) is 0 Å². The number of hydrogen-bond acceptors (Lipinski definition) is 3. The molecule has 0 heterocycles. The molecule has 0 aromatic heterocycles. The van der Waals surface area contributed by atoms with Crippen molar-refractivity contribution in [2.45, 2.75) is 13.3 Å². The summed E-state index contributed by atoms with van der Waals surface area (Å²) in [6.07, 6.45) is 2.11. The minimum atomic E-state index is -1.15. The molecule has 0 aliphatic carbocycles. The molecule has 0 unspecified atom stereocenters. The molecule has 15 heavy (non-hydrogen) atoms. The van der Waals surface area contributed by atoms with Crippen molar-refractivity contribution in [1.29, 1.82) is 0 Å². The van der Waals surface area contributed by atoms with E-state index >= 15 is 0 Å². The second kappa shape index (κ2) is 6.78. The lowest BCUT2D eigenvalue weighted by Gasteiger charge is -2.04. The third-order valence-electron chi connectivity index (χ3n) is 1.56. The first kappa shape index (κ1) is 13.4. The van der Waals surface area contributed by atoms with Crippen molar-refractivity contribution < 1.29 is 24.5 Å². The minimum absolute atomic E-state index is 0.101. The maximum Gasteiger partial charge on any atom is 0.333 e. The van der Waals surface area contributed by atoms with Gasteiger partial charge in [-0.1, -0.05) is 19.6 Å². The Morgan fingerprint density at radius 2 is 1.87 bits per heavy atom. The van der Waals surface area contributed by atoms with Gasteiger partial charge in [-0.25, -0.2) is 9.59 Å². The highest BCUT2D eigenvalue weighted by Gasteiger charge is 2.08. The Kier molecular flexibility index (Phi) is 6.05.